The minimum absolute atomic E-state index is 0.0182. The first-order valence-corrected chi connectivity index (χ1v) is 7.85. The van der Waals surface area contributed by atoms with Gasteiger partial charge in [-0.05, 0) is 41.5 Å². The summed E-state index contributed by atoms with van der Waals surface area (Å²) in [7, 11) is 5.48. The molecule has 4 heteroatoms. The van der Waals surface area contributed by atoms with E-state index in [0.717, 1.165) is 30.0 Å². The summed E-state index contributed by atoms with van der Waals surface area (Å²) in [6.45, 7) is 1.56. The van der Waals surface area contributed by atoms with E-state index in [4.69, 9.17) is 14.2 Å². The van der Waals surface area contributed by atoms with Gasteiger partial charge in [0.05, 0.1) is 26.9 Å². The summed E-state index contributed by atoms with van der Waals surface area (Å²) < 4.78 is 16.9. The fourth-order valence-corrected chi connectivity index (χ4v) is 2.99. The molecule has 2 aromatic carbocycles. The van der Waals surface area contributed by atoms with Gasteiger partial charge in [0.15, 0.2) is 0 Å². The number of hydrogen-bond donors (Lipinski definition) is 0. The molecular weight excluding hydrogens is 290 g/mol. The maximum atomic E-state index is 6.13. The molecule has 1 atom stereocenters. The van der Waals surface area contributed by atoms with E-state index in [1.165, 1.54) is 11.3 Å². The fourth-order valence-electron chi connectivity index (χ4n) is 2.99. The van der Waals surface area contributed by atoms with E-state index >= 15 is 0 Å². The standard InChI is InChI=1S/C19H23NO3/c1-20-9-10-23-19(14-5-4-6-16(11-14)21-2)13-15-12-17(22-3)7-8-18(15)20/h4-8,11-12,19H,9-10,13H2,1-3H3. The summed E-state index contributed by atoms with van der Waals surface area (Å²) in [4.78, 5) is 2.23. The molecule has 122 valence electrons. The molecule has 0 radical (unpaired) electrons. The normalized spacial score (nSPS) is 17.9. The summed E-state index contributed by atoms with van der Waals surface area (Å²) in [6.07, 6.45) is 0.828. The van der Waals surface area contributed by atoms with Gasteiger partial charge in [-0.2, -0.15) is 0 Å². The number of rotatable bonds is 3. The topological polar surface area (TPSA) is 30.9 Å². The highest BCUT2D eigenvalue weighted by Crippen LogP contribution is 2.33. The van der Waals surface area contributed by atoms with Crippen LogP contribution < -0.4 is 14.4 Å². The van der Waals surface area contributed by atoms with Crippen LogP contribution in [-0.2, 0) is 11.2 Å². The average molecular weight is 313 g/mol. The zero-order valence-electron chi connectivity index (χ0n) is 13.9. The van der Waals surface area contributed by atoms with Crippen LogP contribution in [0.2, 0.25) is 0 Å². The van der Waals surface area contributed by atoms with E-state index < -0.39 is 0 Å². The van der Waals surface area contributed by atoms with Crippen LogP contribution in [0.1, 0.15) is 17.2 Å². The predicted molar refractivity (Wildman–Crippen MR) is 91.7 cm³/mol. The first-order chi connectivity index (χ1) is 11.2. The molecule has 1 heterocycles. The largest absolute Gasteiger partial charge is 0.497 e. The monoisotopic (exact) mass is 313 g/mol. The van der Waals surface area contributed by atoms with Crippen molar-refractivity contribution >= 4 is 5.69 Å². The first kappa shape index (κ1) is 15.7. The maximum absolute atomic E-state index is 6.13. The molecule has 0 spiro atoms. The smallest absolute Gasteiger partial charge is 0.119 e. The second-order valence-electron chi connectivity index (χ2n) is 5.76. The molecule has 0 bridgehead atoms. The highest BCUT2D eigenvalue weighted by atomic mass is 16.5. The molecule has 0 amide bonds. The molecule has 3 rings (SSSR count). The first-order valence-electron chi connectivity index (χ1n) is 7.85. The molecular formula is C19H23NO3. The molecule has 0 N–H and O–H groups in total. The van der Waals surface area contributed by atoms with Crippen LogP contribution in [0, 0.1) is 0 Å². The van der Waals surface area contributed by atoms with E-state index in [1.54, 1.807) is 14.2 Å². The lowest BCUT2D eigenvalue weighted by Gasteiger charge is -2.29. The average Bonchev–Trinajstić information content (AvgIpc) is 2.59. The summed E-state index contributed by atoms with van der Waals surface area (Å²) in [5.74, 6) is 1.73. The van der Waals surface area contributed by atoms with Crippen LogP contribution in [0.25, 0.3) is 0 Å². The van der Waals surface area contributed by atoms with Gasteiger partial charge in [0.2, 0.25) is 0 Å². The fraction of sp³-hybridized carbons (Fsp3) is 0.368. The van der Waals surface area contributed by atoms with Crippen LogP contribution in [-0.4, -0.2) is 34.4 Å². The Balaban J connectivity index is 1.95. The number of benzene rings is 2. The van der Waals surface area contributed by atoms with Gasteiger partial charge in [-0.3, -0.25) is 0 Å². The summed E-state index contributed by atoms with van der Waals surface area (Å²) in [5, 5.41) is 0. The summed E-state index contributed by atoms with van der Waals surface area (Å²) in [6, 6.07) is 14.4. The molecule has 0 fully saturated rings. The van der Waals surface area contributed by atoms with Gasteiger partial charge in [0.25, 0.3) is 0 Å². The van der Waals surface area contributed by atoms with Crippen LogP contribution in [0.4, 0.5) is 5.69 Å². The number of likely N-dealkylation sites (N-methyl/N-ethyl adjacent to an activating group) is 1. The van der Waals surface area contributed by atoms with E-state index in [9.17, 15) is 0 Å². The van der Waals surface area contributed by atoms with Crippen molar-refractivity contribution in [3.63, 3.8) is 0 Å². The lowest BCUT2D eigenvalue weighted by Crippen LogP contribution is -2.27. The third-order valence-electron chi connectivity index (χ3n) is 4.31. The quantitative estimate of drug-likeness (QED) is 0.868. The number of methoxy groups -OCH3 is 2. The number of nitrogens with zero attached hydrogens (tertiary/aromatic N) is 1. The SMILES string of the molecule is COc1cccc(C2Cc3cc(OC)ccc3N(C)CCO2)c1. The number of anilines is 1. The maximum Gasteiger partial charge on any atom is 0.119 e. The van der Waals surface area contributed by atoms with Crippen molar-refractivity contribution in [2.45, 2.75) is 12.5 Å². The molecule has 1 aliphatic rings. The minimum atomic E-state index is 0.0182. The van der Waals surface area contributed by atoms with Gasteiger partial charge in [-0.25, -0.2) is 0 Å². The van der Waals surface area contributed by atoms with E-state index in [1.807, 2.05) is 18.2 Å². The van der Waals surface area contributed by atoms with Gasteiger partial charge >= 0.3 is 0 Å². The molecule has 0 aliphatic carbocycles. The lowest BCUT2D eigenvalue weighted by molar-refractivity contribution is 0.0558. The molecule has 0 saturated carbocycles. The molecule has 0 saturated heterocycles. The van der Waals surface area contributed by atoms with Crippen molar-refractivity contribution in [1.29, 1.82) is 0 Å². The van der Waals surface area contributed by atoms with Crippen LogP contribution in [0.5, 0.6) is 11.5 Å². The molecule has 23 heavy (non-hydrogen) atoms. The van der Waals surface area contributed by atoms with Crippen molar-refractivity contribution in [3.05, 3.63) is 53.6 Å². The zero-order valence-corrected chi connectivity index (χ0v) is 13.9. The Labute approximate surface area is 137 Å². The van der Waals surface area contributed by atoms with Crippen molar-refractivity contribution in [2.24, 2.45) is 0 Å². The van der Waals surface area contributed by atoms with Crippen LogP contribution >= 0.6 is 0 Å². The van der Waals surface area contributed by atoms with Gasteiger partial charge in [0.1, 0.15) is 11.5 Å². The second kappa shape index (κ2) is 6.92. The van der Waals surface area contributed by atoms with E-state index in [2.05, 4.69) is 36.2 Å². The number of ether oxygens (including phenoxy) is 3. The van der Waals surface area contributed by atoms with E-state index in [-0.39, 0.29) is 6.10 Å². The van der Waals surface area contributed by atoms with Crippen molar-refractivity contribution in [2.75, 3.05) is 39.3 Å². The summed E-state index contributed by atoms with van der Waals surface area (Å²) >= 11 is 0. The van der Waals surface area contributed by atoms with E-state index in [0.29, 0.717) is 6.61 Å². The van der Waals surface area contributed by atoms with Crippen molar-refractivity contribution in [3.8, 4) is 11.5 Å². The second-order valence-corrected chi connectivity index (χ2v) is 5.76. The molecule has 4 nitrogen and oxygen atoms in total. The van der Waals surface area contributed by atoms with Gasteiger partial charge in [-0.15, -0.1) is 0 Å². The van der Waals surface area contributed by atoms with Gasteiger partial charge in [0, 0.05) is 25.7 Å². The Morgan fingerprint density at radius 2 is 1.83 bits per heavy atom. The molecule has 2 aromatic rings. The Morgan fingerprint density at radius 3 is 2.61 bits per heavy atom. The number of hydrogen-bond acceptors (Lipinski definition) is 4. The van der Waals surface area contributed by atoms with Gasteiger partial charge < -0.3 is 19.1 Å². The zero-order chi connectivity index (χ0) is 16.2. The van der Waals surface area contributed by atoms with Crippen LogP contribution in [0.3, 0.4) is 0 Å². The Morgan fingerprint density at radius 1 is 1.04 bits per heavy atom. The van der Waals surface area contributed by atoms with Crippen molar-refractivity contribution in [1.82, 2.24) is 0 Å². The van der Waals surface area contributed by atoms with Crippen molar-refractivity contribution < 1.29 is 14.2 Å². The third kappa shape index (κ3) is 3.42. The summed E-state index contributed by atoms with van der Waals surface area (Å²) in [5.41, 5.74) is 3.61. The Bertz CT molecular complexity index is 671. The third-order valence-corrected chi connectivity index (χ3v) is 4.31. The van der Waals surface area contributed by atoms with Crippen LogP contribution in [0.15, 0.2) is 42.5 Å². The van der Waals surface area contributed by atoms with Gasteiger partial charge in [-0.1, -0.05) is 12.1 Å². The Kier molecular flexibility index (Phi) is 4.72. The highest BCUT2D eigenvalue weighted by Gasteiger charge is 2.20. The minimum Gasteiger partial charge on any atom is -0.497 e. The number of fused-ring (bicyclic) bond motifs is 1. The predicted octanol–water partition coefficient (Wildman–Crippen LogP) is 3.45. The molecule has 0 aromatic heterocycles. The molecule has 1 unspecified atom stereocenters. The molecule has 1 aliphatic heterocycles. The highest BCUT2D eigenvalue weighted by molar-refractivity contribution is 5.56. The Hall–Kier alpha value is -2.20. The lowest BCUT2D eigenvalue weighted by atomic mass is 9.98.